The first-order chi connectivity index (χ1) is 13.7. The summed E-state index contributed by atoms with van der Waals surface area (Å²) in [5.41, 5.74) is 1.46. The standard InChI is InChI=1S/C22H36N4O2/c1-3-23-21(26-17-22(11-13-27-2)9-4-5-10-22)25-15-19-8-12-24-20(14-19)28-16-18-6-7-18/h8,12,14,18H,3-7,9-11,13,15-17H2,1-2H3,(H2,23,25,26). The maximum atomic E-state index is 5.79. The minimum Gasteiger partial charge on any atom is -0.477 e. The van der Waals surface area contributed by atoms with Crippen molar-refractivity contribution in [2.45, 2.75) is 58.4 Å². The van der Waals surface area contributed by atoms with Crippen molar-refractivity contribution in [3.63, 3.8) is 0 Å². The second-order valence-electron chi connectivity index (χ2n) is 8.26. The Bertz CT molecular complexity index is 625. The topological polar surface area (TPSA) is 67.8 Å². The van der Waals surface area contributed by atoms with Gasteiger partial charge in [-0.2, -0.15) is 0 Å². The lowest BCUT2D eigenvalue weighted by atomic mass is 9.83. The first-order valence-electron chi connectivity index (χ1n) is 10.8. The van der Waals surface area contributed by atoms with Gasteiger partial charge in [-0.25, -0.2) is 9.98 Å². The van der Waals surface area contributed by atoms with Gasteiger partial charge >= 0.3 is 0 Å². The van der Waals surface area contributed by atoms with E-state index in [0.29, 0.717) is 17.8 Å². The fourth-order valence-corrected chi connectivity index (χ4v) is 3.86. The predicted molar refractivity (Wildman–Crippen MR) is 113 cm³/mol. The summed E-state index contributed by atoms with van der Waals surface area (Å²) in [4.78, 5) is 9.10. The van der Waals surface area contributed by atoms with Crippen LogP contribution in [-0.4, -0.2) is 44.4 Å². The van der Waals surface area contributed by atoms with Crippen LogP contribution >= 0.6 is 0 Å². The lowest BCUT2D eigenvalue weighted by Crippen LogP contribution is -2.43. The Balaban J connectivity index is 1.55. The molecule has 2 aliphatic carbocycles. The Kier molecular flexibility index (Phi) is 7.95. The first-order valence-corrected chi connectivity index (χ1v) is 10.8. The molecule has 3 rings (SSSR count). The van der Waals surface area contributed by atoms with Gasteiger partial charge in [0.25, 0.3) is 0 Å². The molecule has 0 aromatic carbocycles. The molecule has 1 aromatic rings. The Morgan fingerprint density at radius 1 is 1.29 bits per heavy atom. The van der Waals surface area contributed by atoms with Crippen molar-refractivity contribution in [2.24, 2.45) is 16.3 Å². The quantitative estimate of drug-likeness (QED) is 0.448. The van der Waals surface area contributed by atoms with Crippen LogP contribution in [0.25, 0.3) is 0 Å². The van der Waals surface area contributed by atoms with Gasteiger partial charge in [-0.05, 0) is 62.0 Å². The molecule has 0 aliphatic heterocycles. The molecular weight excluding hydrogens is 352 g/mol. The van der Waals surface area contributed by atoms with Crippen LogP contribution < -0.4 is 15.4 Å². The SMILES string of the molecule is CCNC(=NCc1ccnc(OCC2CC2)c1)NCC1(CCOC)CCCC1. The lowest BCUT2D eigenvalue weighted by molar-refractivity contribution is 0.138. The van der Waals surface area contributed by atoms with Crippen molar-refractivity contribution in [1.29, 1.82) is 0 Å². The molecule has 6 heteroatoms. The van der Waals surface area contributed by atoms with Gasteiger partial charge in [0.05, 0.1) is 13.2 Å². The van der Waals surface area contributed by atoms with Crippen LogP contribution in [0.3, 0.4) is 0 Å². The highest BCUT2D eigenvalue weighted by molar-refractivity contribution is 5.79. The van der Waals surface area contributed by atoms with E-state index in [2.05, 4.69) is 22.5 Å². The number of nitrogens with one attached hydrogen (secondary N) is 2. The van der Waals surface area contributed by atoms with Crippen LogP contribution in [0.15, 0.2) is 23.3 Å². The summed E-state index contributed by atoms with van der Waals surface area (Å²) in [6, 6.07) is 4.01. The summed E-state index contributed by atoms with van der Waals surface area (Å²) in [5, 5.41) is 6.96. The summed E-state index contributed by atoms with van der Waals surface area (Å²) < 4.78 is 11.1. The number of pyridine rings is 1. The maximum absolute atomic E-state index is 5.79. The van der Waals surface area contributed by atoms with Crippen molar-refractivity contribution in [3.8, 4) is 5.88 Å². The number of hydrogen-bond donors (Lipinski definition) is 2. The number of guanidine groups is 1. The van der Waals surface area contributed by atoms with E-state index in [1.54, 1.807) is 7.11 Å². The van der Waals surface area contributed by atoms with Crippen molar-refractivity contribution in [2.75, 3.05) is 33.4 Å². The van der Waals surface area contributed by atoms with Gasteiger partial charge in [0.15, 0.2) is 5.96 Å². The molecule has 0 bridgehead atoms. The van der Waals surface area contributed by atoms with Gasteiger partial charge in [-0.3, -0.25) is 0 Å². The molecule has 156 valence electrons. The Labute approximate surface area is 169 Å². The monoisotopic (exact) mass is 388 g/mol. The molecule has 0 spiro atoms. The molecule has 0 unspecified atom stereocenters. The Morgan fingerprint density at radius 2 is 2.11 bits per heavy atom. The highest BCUT2D eigenvalue weighted by Crippen LogP contribution is 2.40. The van der Waals surface area contributed by atoms with Gasteiger partial charge in [0.2, 0.25) is 5.88 Å². The number of methoxy groups -OCH3 is 1. The molecule has 2 saturated carbocycles. The summed E-state index contributed by atoms with van der Waals surface area (Å²) in [6.07, 6.45) is 10.7. The molecule has 0 amide bonds. The van der Waals surface area contributed by atoms with E-state index in [9.17, 15) is 0 Å². The van der Waals surface area contributed by atoms with Gasteiger partial charge in [-0.15, -0.1) is 0 Å². The molecule has 0 saturated heterocycles. The number of rotatable bonds is 11. The number of aromatic nitrogens is 1. The molecule has 2 N–H and O–H groups in total. The predicted octanol–water partition coefficient (Wildman–Crippen LogP) is 3.52. The van der Waals surface area contributed by atoms with Crippen LogP contribution in [0, 0.1) is 11.3 Å². The van der Waals surface area contributed by atoms with Crippen molar-refractivity contribution in [1.82, 2.24) is 15.6 Å². The zero-order chi connectivity index (χ0) is 19.7. The summed E-state index contributed by atoms with van der Waals surface area (Å²) in [6.45, 7) is 6.13. The molecule has 28 heavy (non-hydrogen) atoms. The van der Waals surface area contributed by atoms with Crippen LogP contribution in [0.4, 0.5) is 0 Å². The van der Waals surface area contributed by atoms with Gasteiger partial charge in [0.1, 0.15) is 0 Å². The van der Waals surface area contributed by atoms with E-state index in [1.807, 2.05) is 18.3 Å². The van der Waals surface area contributed by atoms with Crippen molar-refractivity contribution >= 4 is 5.96 Å². The van der Waals surface area contributed by atoms with Crippen LogP contribution in [0.5, 0.6) is 5.88 Å². The molecule has 2 fully saturated rings. The third-order valence-electron chi connectivity index (χ3n) is 5.86. The number of aliphatic imine (C=N–C) groups is 1. The average molecular weight is 389 g/mol. The lowest BCUT2D eigenvalue weighted by Gasteiger charge is -2.30. The molecule has 2 aliphatic rings. The third-order valence-corrected chi connectivity index (χ3v) is 5.86. The molecule has 0 radical (unpaired) electrons. The van der Waals surface area contributed by atoms with E-state index in [0.717, 1.165) is 50.2 Å². The zero-order valence-corrected chi connectivity index (χ0v) is 17.5. The minimum absolute atomic E-state index is 0.340. The fraction of sp³-hybridized carbons (Fsp3) is 0.727. The highest BCUT2D eigenvalue weighted by atomic mass is 16.5. The van der Waals surface area contributed by atoms with Crippen LogP contribution in [0.2, 0.25) is 0 Å². The number of hydrogen-bond acceptors (Lipinski definition) is 4. The van der Waals surface area contributed by atoms with Gasteiger partial charge < -0.3 is 20.1 Å². The number of ether oxygens (including phenoxy) is 2. The molecule has 0 atom stereocenters. The highest BCUT2D eigenvalue weighted by Gasteiger charge is 2.33. The van der Waals surface area contributed by atoms with E-state index >= 15 is 0 Å². The van der Waals surface area contributed by atoms with Gasteiger partial charge in [0, 0.05) is 39.1 Å². The van der Waals surface area contributed by atoms with E-state index in [1.165, 1.54) is 38.5 Å². The molecule has 1 heterocycles. The second kappa shape index (κ2) is 10.6. The van der Waals surface area contributed by atoms with E-state index in [-0.39, 0.29) is 0 Å². The molecule has 1 aromatic heterocycles. The van der Waals surface area contributed by atoms with Crippen molar-refractivity contribution < 1.29 is 9.47 Å². The Morgan fingerprint density at radius 3 is 2.82 bits per heavy atom. The normalized spacial score (nSPS) is 18.9. The Hall–Kier alpha value is -1.82. The first kappa shape index (κ1) is 20.9. The van der Waals surface area contributed by atoms with Crippen LogP contribution in [0.1, 0.15) is 57.4 Å². The minimum atomic E-state index is 0.340. The van der Waals surface area contributed by atoms with E-state index in [4.69, 9.17) is 14.5 Å². The van der Waals surface area contributed by atoms with Crippen molar-refractivity contribution in [3.05, 3.63) is 23.9 Å². The average Bonchev–Trinajstić information content (AvgIpc) is 3.44. The molecule has 6 nitrogen and oxygen atoms in total. The van der Waals surface area contributed by atoms with E-state index < -0.39 is 0 Å². The van der Waals surface area contributed by atoms with Crippen LogP contribution in [-0.2, 0) is 11.3 Å². The smallest absolute Gasteiger partial charge is 0.213 e. The zero-order valence-electron chi connectivity index (χ0n) is 17.5. The maximum Gasteiger partial charge on any atom is 0.213 e. The fourth-order valence-electron chi connectivity index (χ4n) is 3.86. The largest absolute Gasteiger partial charge is 0.477 e. The second-order valence-corrected chi connectivity index (χ2v) is 8.26. The third kappa shape index (κ3) is 6.66. The number of nitrogens with zero attached hydrogens (tertiary/aromatic N) is 2. The molecular formula is C22H36N4O2. The van der Waals surface area contributed by atoms with Gasteiger partial charge in [-0.1, -0.05) is 12.8 Å². The summed E-state index contributed by atoms with van der Waals surface area (Å²) in [7, 11) is 1.79. The summed E-state index contributed by atoms with van der Waals surface area (Å²) >= 11 is 0. The summed E-state index contributed by atoms with van der Waals surface area (Å²) in [5.74, 6) is 2.32.